The third-order valence-corrected chi connectivity index (χ3v) is 5.79. The third kappa shape index (κ3) is 2.20. The summed E-state index contributed by atoms with van der Waals surface area (Å²) < 4.78 is 5.85. The van der Waals surface area contributed by atoms with Crippen molar-refractivity contribution in [3.63, 3.8) is 0 Å². The molecule has 2 aliphatic rings. The molecule has 3 nitrogen and oxygen atoms in total. The molecule has 114 valence electrons. The summed E-state index contributed by atoms with van der Waals surface area (Å²) in [6, 6.07) is 0. The highest BCUT2D eigenvalue weighted by Crippen LogP contribution is 2.59. The van der Waals surface area contributed by atoms with E-state index >= 15 is 0 Å². The van der Waals surface area contributed by atoms with E-state index in [1.54, 1.807) is 0 Å². The fraction of sp³-hybridized carbons (Fsp3) is 0.824. The number of ether oxygens (including phenoxy) is 1. The molecular formula is C17H28O3. The summed E-state index contributed by atoms with van der Waals surface area (Å²) in [4.78, 5) is 11.7. The second kappa shape index (κ2) is 5.18. The van der Waals surface area contributed by atoms with Gasteiger partial charge in [0.1, 0.15) is 5.60 Å². The lowest BCUT2D eigenvalue weighted by Crippen LogP contribution is -2.62. The summed E-state index contributed by atoms with van der Waals surface area (Å²) in [5.41, 5.74) is -0.0749. The van der Waals surface area contributed by atoms with E-state index in [0.717, 1.165) is 37.7 Å². The van der Waals surface area contributed by atoms with Crippen LogP contribution in [-0.4, -0.2) is 22.8 Å². The van der Waals surface area contributed by atoms with Crippen molar-refractivity contribution in [3.05, 3.63) is 12.2 Å². The Morgan fingerprint density at radius 3 is 2.65 bits per heavy atom. The Kier molecular flexibility index (Phi) is 4.03. The maximum Gasteiger partial charge on any atom is 0.303 e. The zero-order chi connectivity index (χ0) is 15.1. The Morgan fingerprint density at radius 2 is 2.10 bits per heavy atom. The molecule has 20 heavy (non-hydrogen) atoms. The molecule has 0 aromatic rings. The number of hydrogen-bond donors (Lipinski definition) is 1. The largest absolute Gasteiger partial charge is 0.454 e. The molecule has 2 aliphatic carbocycles. The molecule has 0 heterocycles. The van der Waals surface area contributed by atoms with Gasteiger partial charge in [0.15, 0.2) is 0 Å². The molecule has 3 heteroatoms. The van der Waals surface area contributed by atoms with Gasteiger partial charge in [-0.3, -0.25) is 4.79 Å². The van der Waals surface area contributed by atoms with Crippen LogP contribution in [0.3, 0.4) is 0 Å². The first-order valence-corrected chi connectivity index (χ1v) is 7.79. The van der Waals surface area contributed by atoms with E-state index in [-0.39, 0.29) is 11.4 Å². The summed E-state index contributed by atoms with van der Waals surface area (Å²) in [7, 11) is 0. The zero-order valence-corrected chi connectivity index (χ0v) is 13.2. The van der Waals surface area contributed by atoms with Gasteiger partial charge in [-0.05, 0) is 49.5 Å². The normalized spacial score (nSPS) is 41.4. The first-order chi connectivity index (χ1) is 9.23. The second-order valence-corrected chi connectivity index (χ2v) is 7.24. The molecule has 0 aromatic heterocycles. The Morgan fingerprint density at radius 1 is 1.45 bits per heavy atom. The summed E-state index contributed by atoms with van der Waals surface area (Å²) in [6.07, 6.45) is 3.83. The Hall–Kier alpha value is -0.830. The van der Waals surface area contributed by atoms with Gasteiger partial charge in [0.05, 0.1) is 6.10 Å². The number of fused-ring (bicyclic) bond motifs is 1. The molecule has 2 rings (SSSR count). The Labute approximate surface area is 122 Å². The number of carbonyl (C=O) groups excluding carboxylic acids is 1. The lowest BCUT2D eigenvalue weighted by Gasteiger charge is -2.59. The highest BCUT2D eigenvalue weighted by molar-refractivity contribution is 5.67. The molecule has 0 unspecified atom stereocenters. The molecule has 2 saturated carbocycles. The number of carbonyl (C=O) groups is 1. The molecule has 0 saturated heterocycles. The van der Waals surface area contributed by atoms with Crippen LogP contribution < -0.4 is 0 Å². The van der Waals surface area contributed by atoms with Gasteiger partial charge in [-0.25, -0.2) is 0 Å². The monoisotopic (exact) mass is 280 g/mol. The first kappa shape index (κ1) is 15.6. The summed E-state index contributed by atoms with van der Waals surface area (Å²) in [5, 5.41) is 10.6. The van der Waals surface area contributed by atoms with Crippen LogP contribution in [0.1, 0.15) is 59.8 Å². The molecule has 0 radical (unpaired) electrons. The number of rotatable bonds is 2. The van der Waals surface area contributed by atoms with Gasteiger partial charge in [0, 0.05) is 12.3 Å². The lowest BCUT2D eigenvalue weighted by atomic mass is 9.51. The van der Waals surface area contributed by atoms with Crippen molar-refractivity contribution in [2.75, 3.05) is 0 Å². The van der Waals surface area contributed by atoms with E-state index in [1.807, 2.05) is 0 Å². The third-order valence-electron chi connectivity index (χ3n) is 5.79. The van der Waals surface area contributed by atoms with Gasteiger partial charge in [-0.15, -0.1) is 0 Å². The molecule has 0 amide bonds. The van der Waals surface area contributed by atoms with Crippen LogP contribution >= 0.6 is 0 Å². The minimum absolute atomic E-state index is 0.268. The van der Waals surface area contributed by atoms with Gasteiger partial charge >= 0.3 is 5.97 Å². The van der Waals surface area contributed by atoms with Crippen molar-refractivity contribution in [1.82, 2.24) is 0 Å². The smallest absolute Gasteiger partial charge is 0.303 e. The van der Waals surface area contributed by atoms with Crippen molar-refractivity contribution in [2.24, 2.45) is 17.3 Å². The van der Waals surface area contributed by atoms with E-state index in [1.165, 1.54) is 6.92 Å². The number of aliphatic hydroxyl groups excluding tert-OH is 1. The summed E-state index contributed by atoms with van der Waals surface area (Å²) >= 11 is 0. The van der Waals surface area contributed by atoms with E-state index in [9.17, 15) is 9.90 Å². The van der Waals surface area contributed by atoms with E-state index in [2.05, 4.69) is 27.4 Å². The average molecular weight is 280 g/mol. The van der Waals surface area contributed by atoms with Crippen LogP contribution in [0.4, 0.5) is 0 Å². The number of esters is 1. The summed E-state index contributed by atoms with van der Waals surface area (Å²) in [6.45, 7) is 12.2. The van der Waals surface area contributed by atoms with Crippen LogP contribution in [0.2, 0.25) is 0 Å². The number of aliphatic hydroxyl groups is 1. The van der Waals surface area contributed by atoms with Gasteiger partial charge < -0.3 is 9.84 Å². The minimum Gasteiger partial charge on any atom is -0.454 e. The average Bonchev–Trinajstić information content (AvgIpc) is 2.35. The molecule has 1 N–H and O–H groups in total. The van der Waals surface area contributed by atoms with Gasteiger partial charge in [-0.2, -0.15) is 0 Å². The van der Waals surface area contributed by atoms with Crippen LogP contribution in [-0.2, 0) is 9.53 Å². The maximum absolute atomic E-state index is 11.7. The SMILES string of the molecule is C=C1CC[C@@H](O)[C@]2(C)CC[C@@H](C(C)C)C[C@@]12OC(C)=O. The predicted molar refractivity (Wildman–Crippen MR) is 79.2 cm³/mol. The fourth-order valence-corrected chi connectivity index (χ4v) is 4.25. The quantitative estimate of drug-likeness (QED) is 0.622. The Bertz CT molecular complexity index is 414. The molecule has 4 atom stereocenters. The number of hydrogen-bond acceptors (Lipinski definition) is 3. The van der Waals surface area contributed by atoms with Crippen LogP contribution in [0, 0.1) is 17.3 Å². The van der Waals surface area contributed by atoms with Crippen molar-refractivity contribution in [3.8, 4) is 0 Å². The summed E-state index contributed by atoms with van der Waals surface area (Å²) in [5.74, 6) is 0.805. The van der Waals surface area contributed by atoms with Crippen molar-refractivity contribution >= 4 is 5.97 Å². The fourth-order valence-electron chi connectivity index (χ4n) is 4.25. The Balaban J connectivity index is 2.45. The van der Waals surface area contributed by atoms with Gasteiger partial charge in [0.2, 0.25) is 0 Å². The molecule has 2 fully saturated rings. The van der Waals surface area contributed by atoms with Gasteiger partial charge in [0.25, 0.3) is 0 Å². The second-order valence-electron chi connectivity index (χ2n) is 7.24. The molecular weight excluding hydrogens is 252 g/mol. The van der Waals surface area contributed by atoms with Crippen molar-refractivity contribution in [2.45, 2.75) is 71.5 Å². The van der Waals surface area contributed by atoms with Crippen LogP contribution in [0.25, 0.3) is 0 Å². The van der Waals surface area contributed by atoms with Crippen molar-refractivity contribution in [1.29, 1.82) is 0 Å². The maximum atomic E-state index is 11.7. The van der Waals surface area contributed by atoms with E-state index in [4.69, 9.17) is 4.74 Å². The predicted octanol–water partition coefficient (Wildman–Crippen LogP) is 3.46. The molecule has 0 bridgehead atoms. The molecule has 0 spiro atoms. The highest BCUT2D eigenvalue weighted by Gasteiger charge is 2.61. The van der Waals surface area contributed by atoms with E-state index in [0.29, 0.717) is 11.8 Å². The minimum atomic E-state index is -0.677. The first-order valence-electron chi connectivity index (χ1n) is 7.79. The van der Waals surface area contributed by atoms with Gasteiger partial charge in [-0.1, -0.05) is 27.4 Å². The van der Waals surface area contributed by atoms with Crippen molar-refractivity contribution < 1.29 is 14.6 Å². The molecule has 0 aliphatic heterocycles. The lowest BCUT2D eigenvalue weighted by molar-refractivity contribution is -0.203. The topological polar surface area (TPSA) is 46.5 Å². The highest BCUT2D eigenvalue weighted by atomic mass is 16.6. The molecule has 0 aromatic carbocycles. The van der Waals surface area contributed by atoms with E-state index < -0.39 is 11.7 Å². The van der Waals surface area contributed by atoms with Crippen LogP contribution in [0.15, 0.2) is 12.2 Å². The zero-order valence-electron chi connectivity index (χ0n) is 13.2. The van der Waals surface area contributed by atoms with Crippen LogP contribution in [0.5, 0.6) is 0 Å². The standard InChI is InChI=1S/C17H28O3/c1-11(2)14-8-9-16(5)15(19)7-6-12(3)17(16,10-14)20-13(4)18/h11,14-15,19H,3,6-10H2,1-2,4-5H3/t14-,15-,16+,17-/m1/s1.